The number of carbonyl (C=O) groups excluding carboxylic acids is 2. The normalized spacial score (nSPS) is 24.6. The summed E-state index contributed by atoms with van der Waals surface area (Å²) in [6.07, 6.45) is 4.96. The number of hydrogen-bond acceptors (Lipinski definition) is 3. The van der Waals surface area contributed by atoms with E-state index in [1.54, 1.807) is 18.7 Å². The molecule has 0 aromatic heterocycles. The molecule has 0 spiro atoms. The van der Waals surface area contributed by atoms with Crippen LogP contribution in [0, 0.1) is 12.8 Å². The molecule has 1 N–H and O–H groups in total. The number of fused-ring (bicyclic) bond motifs is 1. The molecular formula is C21H30N2O3. The van der Waals surface area contributed by atoms with E-state index in [2.05, 4.69) is 12.2 Å². The van der Waals surface area contributed by atoms with Crippen molar-refractivity contribution in [3.05, 3.63) is 23.8 Å². The van der Waals surface area contributed by atoms with Gasteiger partial charge < -0.3 is 15.0 Å². The van der Waals surface area contributed by atoms with E-state index in [0.29, 0.717) is 24.6 Å². The summed E-state index contributed by atoms with van der Waals surface area (Å²) in [5, 5.41) is 3.17. The Bertz CT molecular complexity index is 698. The molecule has 2 unspecified atom stereocenters. The highest BCUT2D eigenvalue weighted by atomic mass is 16.5. The third-order valence-corrected chi connectivity index (χ3v) is 5.55. The summed E-state index contributed by atoms with van der Waals surface area (Å²) in [6, 6.07) is 6.09. The number of anilines is 1. The van der Waals surface area contributed by atoms with E-state index in [9.17, 15) is 9.59 Å². The molecule has 5 heteroatoms. The first-order valence-electron chi connectivity index (χ1n) is 9.69. The van der Waals surface area contributed by atoms with Gasteiger partial charge in [0, 0.05) is 19.0 Å². The van der Waals surface area contributed by atoms with Crippen LogP contribution < -0.4 is 15.0 Å². The SMILES string of the molecule is Cc1ccc2c(c1)N(CCC(=O)NC1CCCCC1C)C(=O)C(C)(C)O2. The molecule has 3 rings (SSSR count). The Morgan fingerprint density at radius 1 is 1.31 bits per heavy atom. The lowest BCUT2D eigenvalue weighted by atomic mass is 9.86. The van der Waals surface area contributed by atoms with Crippen LogP contribution >= 0.6 is 0 Å². The van der Waals surface area contributed by atoms with E-state index in [-0.39, 0.29) is 17.9 Å². The first-order chi connectivity index (χ1) is 12.3. The smallest absolute Gasteiger partial charge is 0.270 e. The van der Waals surface area contributed by atoms with Gasteiger partial charge in [0.1, 0.15) is 5.75 Å². The summed E-state index contributed by atoms with van der Waals surface area (Å²) in [4.78, 5) is 27.0. The predicted octanol–water partition coefficient (Wildman–Crippen LogP) is 3.58. The fourth-order valence-corrected chi connectivity index (χ4v) is 3.92. The molecule has 1 aliphatic carbocycles. The number of amides is 2. The highest BCUT2D eigenvalue weighted by Crippen LogP contribution is 2.38. The molecule has 1 aromatic rings. The maximum atomic E-state index is 12.8. The third kappa shape index (κ3) is 3.87. The van der Waals surface area contributed by atoms with Crippen molar-refractivity contribution in [2.24, 2.45) is 5.92 Å². The van der Waals surface area contributed by atoms with E-state index < -0.39 is 5.60 Å². The summed E-state index contributed by atoms with van der Waals surface area (Å²) in [5.74, 6) is 1.14. The van der Waals surface area contributed by atoms with Crippen LogP contribution in [0.4, 0.5) is 5.69 Å². The molecule has 5 nitrogen and oxygen atoms in total. The van der Waals surface area contributed by atoms with Crippen molar-refractivity contribution in [2.45, 2.75) is 71.4 Å². The standard InChI is InChI=1S/C21H30N2O3/c1-14-9-10-18-17(13-14)23(20(25)21(3,4)26-18)12-11-19(24)22-16-8-6-5-7-15(16)2/h9-10,13,15-16H,5-8,11-12H2,1-4H3,(H,22,24). The fourth-order valence-electron chi connectivity index (χ4n) is 3.92. The maximum absolute atomic E-state index is 12.8. The Hall–Kier alpha value is -2.04. The van der Waals surface area contributed by atoms with Gasteiger partial charge in [-0.25, -0.2) is 0 Å². The van der Waals surface area contributed by atoms with Crippen molar-refractivity contribution < 1.29 is 14.3 Å². The van der Waals surface area contributed by atoms with Crippen LogP contribution in [0.1, 0.15) is 58.4 Å². The van der Waals surface area contributed by atoms with Crippen molar-refractivity contribution in [3.63, 3.8) is 0 Å². The van der Waals surface area contributed by atoms with Crippen molar-refractivity contribution >= 4 is 17.5 Å². The first-order valence-corrected chi connectivity index (χ1v) is 9.69. The number of nitrogens with one attached hydrogen (secondary N) is 1. The number of ether oxygens (including phenoxy) is 1. The zero-order chi connectivity index (χ0) is 18.9. The van der Waals surface area contributed by atoms with E-state index in [1.807, 2.05) is 25.1 Å². The predicted molar refractivity (Wildman–Crippen MR) is 102 cm³/mol. The van der Waals surface area contributed by atoms with Gasteiger partial charge in [-0.1, -0.05) is 25.8 Å². The second-order valence-electron chi connectivity index (χ2n) is 8.23. The van der Waals surface area contributed by atoms with Crippen LogP contribution in [0.2, 0.25) is 0 Å². The van der Waals surface area contributed by atoms with Gasteiger partial charge in [-0.05, 0) is 57.2 Å². The second-order valence-corrected chi connectivity index (χ2v) is 8.23. The molecule has 1 aliphatic heterocycles. The van der Waals surface area contributed by atoms with Gasteiger partial charge in [-0.2, -0.15) is 0 Å². The van der Waals surface area contributed by atoms with Crippen LogP contribution in [0.25, 0.3) is 0 Å². The molecule has 2 amide bonds. The minimum absolute atomic E-state index is 0.0232. The molecule has 142 valence electrons. The molecule has 1 heterocycles. The quantitative estimate of drug-likeness (QED) is 0.895. The fraction of sp³-hybridized carbons (Fsp3) is 0.619. The first kappa shape index (κ1) is 18.7. The molecule has 2 aliphatic rings. The lowest BCUT2D eigenvalue weighted by molar-refractivity contribution is -0.132. The molecule has 1 aromatic carbocycles. The minimum atomic E-state index is -0.920. The van der Waals surface area contributed by atoms with Gasteiger partial charge in [0.15, 0.2) is 5.60 Å². The summed E-state index contributed by atoms with van der Waals surface area (Å²) < 4.78 is 5.87. The monoisotopic (exact) mass is 358 g/mol. The molecule has 2 atom stereocenters. The van der Waals surface area contributed by atoms with Gasteiger partial charge in [0.25, 0.3) is 5.91 Å². The molecule has 0 radical (unpaired) electrons. The topological polar surface area (TPSA) is 58.6 Å². The van der Waals surface area contributed by atoms with Gasteiger partial charge >= 0.3 is 0 Å². The maximum Gasteiger partial charge on any atom is 0.270 e. The zero-order valence-electron chi connectivity index (χ0n) is 16.3. The molecule has 1 saturated carbocycles. The van der Waals surface area contributed by atoms with Crippen molar-refractivity contribution in [1.82, 2.24) is 5.32 Å². The van der Waals surface area contributed by atoms with Crippen LogP contribution in [0.15, 0.2) is 18.2 Å². The van der Waals surface area contributed by atoms with Gasteiger partial charge in [-0.15, -0.1) is 0 Å². The number of aryl methyl sites for hydroxylation is 1. The van der Waals surface area contributed by atoms with E-state index in [0.717, 1.165) is 17.7 Å². The van der Waals surface area contributed by atoms with Gasteiger partial charge in [0.05, 0.1) is 5.69 Å². The average Bonchev–Trinajstić information content (AvgIpc) is 2.58. The Balaban J connectivity index is 1.69. The molecule has 1 fully saturated rings. The molecule has 0 saturated heterocycles. The molecule has 0 bridgehead atoms. The summed E-state index contributed by atoms with van der Waals surface area (Å²) in [7, 11) is 0. The van der Waals surface area contributed by atoms with Gasteiger partial charge in [0.2, 0.25) is 5.91 Å². The Labute approximate surface area is 156 Å². The Morgan fingerprint density at radius 3 is 2.77 bits per heavy atom. The van der Waals surface area contributed by atoms with Crippen molar-refractivity contribution in [1.29, 1.82) is 0 Å². The molecule has 26 heavy (non-hydrogen) atoms. The van der Waals surface area contributed by atoms with Gasteiger partial charge in [-0.3, -0.25) is 9.59 Å². The number of hydrogen-bond donors (Lipinski definition) is 1. The van der Waals surface area contributed by atoms with Crippen LogP contribution in [-0.4, -0.2) is 30.0 Å². The van der Waals surface area contributed by atoms with Crippen molar-refractivity contribution in [2.75, 3.05) is 11.4 Å². The third-order valence-electron chi connectivity index (χ3n) is 5.55. The number of benzene rings is 1. The van der Waals surface area contributed by atoms with E-state index in [4.69, 9.17) is 4.74 Å². The van der Waals surface area contributed by atoms with Crippen molar-refractivity contribution in [3.8, 4) is 5.75 Å². The Morgan fingerprint density at radius 2 is 2.04 bits per heavy atom. The summed E-state index contributed by atoms with van der Waals surface area (Å²) in [6.45, 7) is 8.11. The average molecular weight is 358 g/mol. The lowest BCUT2D eigenvalue weighted by Crippen LogP contribution is -2.53. The number of carbonyl (C=O) groups is 2. The lowest BCUT2D eigenvalue weighted by Gasteiger charge is -2.39. The number of rotatable bonds is 4. The molecular weight excluding hydrogens is 328 g/mol. The van der Waals surface area contributed by atoms with Crippen LogP contribution in [0.5, 0.6) is 5.75 Å². The van der Waals surface area contributed by atoms with Crippen LogP contribution in [-0.2, 0) is 9.59 Å². The Kier molecular flexibility index (Phi) is 5.26. The van der Waals surface area contributed by atoms with E-state index >= 15 is 0 Å². The largest absolute Gasteiger partial charge is 0.476 e. The summed E-state index contributed by atoms with van der Waals surface area (Å²) >= 11 is 0. The minimum Gasteiger partial charge on any atom is -0.476 e. The van der Waals surface area contributed by atoms with E-state index in [1.165, 1.54) is 19.3 Å². The highest BCUT2D eigenvalue weighted by molar-refractivity contribution is 6.02. The van der Waals surface area contributed by atoms with Crippen LogP contribution in [0.3, 0.4) is 0 Å². The zero-order valence-corrected chi connectivity index (χ0v) is 16.3. The highest BCUT2D eigenvalue weighted by Gasteiger charge is 2.40. The summed E-state index contributed by atoms with van der Waals surface area (Å²) in [5.41, 5.74) is 0.898. The number of nitrogens with zero attached hydrogens (tertiary/aromatic N) is 1. The second kappa shape index (κ2) is 7.29.